The van der Waals surface area contributed by atoms with E-state index in [0.717, 1.165) is 24.5 Å². The summed E-state index contributed by atoms with van der Waals surface area (Å²) in [5, 5.41) is 0. The van der Waals surface area contributed by atoms with Gasteiger partial charge in [0.1, 0.15) is 12.4 Å². The standard InChI is InChI=1S/C16H22N2OS/c1-14-13-20-12-10-18(14)9-11-19-16-6-4-15(5-7-16)3-2-8-17/h4-7,14H,8-13,17H2,1H3. The molecule has 0 bridgehead atoms. The maximum absolute atomic E-state index is 5.80. The highest BCUT2D eigenvalue weighted by Crippen LogP contribution is 2.16. The summed E-state index contributed by atoms with van der Waals surface area (Å²) in [6, 6.07) is 8.54. The number of nitrogens with two attached hydrogens (primary N) is 1. The van der Waals surface area contributed by atoms with Crippen LogP contribution in [0.3, 0.4) is 0 Å². The number of rotatable bonds is 4. The highest BCUT2D eigenvalue weighted by molar-refractivity contribution is 7.99. The maximum atomic E-state index is 5.80. The lowest BCUT2D eigenvalue weighted by Crippen LogP contribution is -2.42. The van der Waals surface area contributed by atoms with E-state index in [9.17, 15) is 0 Å². The molecule has 2 rings (SSSR count). The first-order valence-corrected chi connectivity index (χ1v) is 8.18. The summed E-state index contributed by atoms with van der Waals surface area (Å²) >= 11 is 2.04. The van der Waals surface area contributed by atoms with E-state index in [1.807, 2.05) is 36.0 Å². The highest BCUT2D eigenvalue weighted by atomic mass is 32.2. The Hall–Kier alpha value is -1.15. The summed E-state index contributed by atoms with van der Waals surface area (Å²) in [5.41, 5.74) is 6.33. The fourth-order valence-corrected chi connectivity index (χ4v) is 3.24. The molecule has 0 saturated carbocycles. The summed E-state index contributed by atoms with van der Waals surface area (Å²) in [5.74, 6) is 9.22. The summed E-state index contributed by atoms with van der Waals surface area (Å²) in [6.07, 6.45) is 0. The van der Waals surface area contributed by atoms with Crippen LogP contribution in [0.2, 0.25) is 0 Å². The van der Waals surface area contributed by atoms with Gasteiger partial charge >= 0.3 is 0 Å². The lowest BCUT2D eigenvalue weighted by Gasteiger charge is -2.32. The first kappa shape index (κ1) is 15.2. The Morgan fingerprint density at radius 1 is 1.40 bits per heavy atom. The van der Waals surface area contributed by atoms with E-state index in [2.05, 4.69) is 23.7 Å². The summed E-state index contributed by atoms with van der Waals surface area (Å²) in [7, 11) is 0. The lowest BCUT2D eigenvalue weighted by atomic mass is 10.2. The molecule has 1 aromatic carbocycles. The number of benzene rings is 1. The summed E-state index contributed by atoms with van der Waals surface area (Å²) < 4.78 is 5.80. The van der Waals surface area contributed by atoms with E-state index in [1.165, 1.54) is 18.1 Å². The number of ether oxygens (including phenoxy) is 1. The van der Waals surface area contributed by atoms with E-state index >= 15 is 0 Å². The van der Waals surface area contributed by atoms with Gasteiger partial charge in [0.2, 0.25) is 0 Å². The largest absolute Gasteiger partial charge is 0.492 e. The zero-order valence-corrected chi connectivity index (χ0v) is 12.8. The van der Waals surface area contributed by atoms with E-state index in [4.69, 9.17) is 10.5 Å². The second kappa shape index (κ2) is 8.21. The minimum Gasteiger partial charge on any atom is -0.492 e. The predicted octanol–water partition coefficient (Wildman–Crippen LogP) is 1.81. The van der Waals surface area contributed by atoms with Gasteiger partial charge in [0.15, 0.2) is 0 Å². The van der Waals surface area contributed by atoms with Gasteiger partial charge < -0.3 is 10.5 Å². The fourth-order valence-electron chi connectivity index (χ4n) is 2.16. The van der Waals surface area contributed by atoms with Gasteiger partial charge in [-0.2, -0.15) is 11.8 Å². The van der Waals surface area contributed by atoms with Crippen LogP contribution in [0.5, 0.6) is 5.75 Å². The first-order chi connectivity index (χ1) is 9.79. The van der Waals surface area contributed by atoms with Crippen molar-refractivity contribution in [3.63, 3.8) is 0 Å². The smallest absolute Gasteiger partial charge is 0.119 e. The Morgan fingerprint density at radius 2 is 2.20 bits per heavy atom. The molecule has 1 atom stereocenters. The Morgan fingerprint density at radius 3 is 2.90 bits per heavy atom. The molecule has 1 aliphatic rings. The molecule has 0 aliphatic carbocycles. The molecule has 1 unspecified atom stereocenters. The first-order valence-electron chi connectivity index (χ1n) is 7.03. The van der Waals surface area contributed by atoms with Crippen LogP contribution in [0.15, 0.2) is 24.3 Å². The fraction of sp³-hybridized carbons (Fsp3) is 0.500. The zero-order chi connectivity index (χ0) is 14.2. The molecule has 0 spiro atoms. The van der Waals surface area contributed by atoms with Crippen molar-refractivity contribution >= 4 is 11.8 Å². The third-order valence-electron chi connectivity index (χ3n) is 3.34. The van der Waals surface area contributed by atoms with E-state index < -0.39 is 0 Å². The Bertz CT molecular complexity index is 464. The minimum atomic E-state index is 0.393. The van der Waals surface area contributed by atoms with Crippen LogP contribution in [0, 0.1) is 11.8 Å². The molecule has 4 heteroatoms. The van der Waals surface area contributed by atoms with Gasteiger partial charge in [-0.1, -0.05) is 11.8 Å². The van der Waals surface area contributed by atoms with Crippen LogP contribution in [0.1, 0.15) is 12.5 Å². The van der Waals surface area contributed by atoms with E-state index in [1.54, 1.807) is 0 Å². The average molecular weight is 290 g/mol. The van der Waals surface area contributed by atoms with Gasteiger partial charge in [0.25, 0.3) is 0 Å². The van der Waals surface area contributed by atoms with Crippen molar-refractivity contribution in [2.75, 3.05) is 37.7 Å². The summed E-state index contributed by atoms with van der Waals surface area (Å²) in [4.78, 5) is 2.50. The van der Waals surface area contributed by atoms with Crippen LogP contribution in [0.4, 0.5) is 0 Å². The monoisotopic (exact) mass is 290 g/mol. The second-order valence-corrected chi connectivity index (χ2v) is 5.99. The molecule has 0 amide bonds. The molecular formula is C16H22N2OS. The molecule has 1 aliphatic heterocycles. The number of hydrogen-bond donors (Lipinski definition) is 1. The maximum Gasteiger partial charge on any atom is 0.119 e. The third-order valence-corrected chi connectivity index (χ3v) is 4.53. The summed E-state index contributed by atoms with van der Waals surface area (Å²) in [6.45, 7) is 5.59. The zero-order valence-electron chi connectivity index (χ0n) is 12.0. The van der Waals surface area contributed by atoms with Crippen LogP contribution < -0.4 is 10.5 Å². The van der Waals surface area contributed by atoms with E-state index in [0.29, 0.717) is 12.6 Å². The van der Waals surface area contributed by atoms with Gasteiger partial charge in [0.05, 0.1) is 6.54 Å². The van der Waals surface area contributed by atoms with Crippen molar-refractivity contribution in [2.24, 2.45) is 5.73 Å². The Labute approximate surface area is 125 Å². The van der Waals surface area contributed by atoms with Crippen molar-refractivity contribution in [3.8, 4) is 17.6 Å². The van der Waals surface area contributed by atoms with Crippen molar-refractivity contribution in [1.82, 2.24) is 4.90 Å². The normalized spacial score (nSPS) is 19.2. The van der Waals surface area contributed by atoms with Crippen molar-refractivity contribution < 1.29 is 4.74 Å². The molecule has 1 fully saturated rings. The van der Waals surface area contributed by atoms with Gasteiger partial charge in [-0.3, -0.25) is 4.90 Å². The molecule has 1 aromatic rings. The minimum absolute atomic E-state index is 0.393. The van der Waals surface area contributed by atoms with Crippen LogP contribution in [-0.4, -0.2) is 48.7 Å². The average Bonchev–Trinajstić information content (AvgIpc) is 2.48. The van der Waals surface area contributed by atoms with Crippen LogP contribution in [0.25, 0.3) is 0 Å². The molecule has 0 radical (unpaired) electrons. The van der Waals surface area contributed by atoms with Gasteiger partial charge in [-0.25, -0.2) is 0 Å². The number of hydrogen-bond acceptors (Lipinski definition) is 4. The van der Waals surface area contributed by atoms with Gasteiger partial charge in [0, 0.05) is 36.2 Å². The SMILES string of the molecule is CC1CSCCN1CCOc1ccc(C#CCN)cc1. The molecule has 20 heavy (non-hydrogen) atoms. The van der Waals surface area contributed by atoms with Gasteiger partial charge in [-0.15, -0.1) is 0 Å². The molecule has 0 aromatic heterocycles. The molecule has 1 saturated heterocycles. The molecule has 1 heterocycles. The molecule has 2 N–H and O–H groups in total. The van der Waals surface area contributed by atoms with Crippen molar-refractivity contribution in [1.29, 1.82) is 0 Å². The Balaban J connectivity index is 1.76. The molecule has 108 valence electrons. The lowest BCUT2D eigenvalue weighted by molar-refractivity contribution is 0.183. The number of nitrogens with zero attached hydrogens (tertiary/aromatic N) is 1. The Kier molecular flexibility index (Phi) is 6.25. The topological polar surface area (TPSA) is 38.5 Å². The van der Waals surface area contributed by atoms with Crippen molar-refractivity contribution in [2.45, 2.75) is 13.0 Å². The van der Waals surface area contributed by atoms with Gasteiger partial charge in [-0.05, 0) is 31.2 Å². The van der Waals surface area contributed by atoms with E-state index in [-0.39, 0.29) is 0 Å². The molecule has 3 nitrogen and oxygen atoms in total. The third kappa shape index (κ3) is 4.75. The molecular weight excluding hydrogens is 268 g/mol. The number of thioether (sulfide) groups is 1. The van der Waals surface area contributed by atoms with Crippen LogP contribution in [-0.2, 0) is 0 Å². The van der Waals surface area contributed by atoms with Crippen molar-refractivity contribution in [3.05, 3.63) is 29.8 Å². The quantitative estimate of drug-likeness (QED) is 0.859. The van der Waals surface area contributed by atoms with Crippen LogP contribution >= 0.6 is 11.8 Å². The predicted molar refractivity (Wildman–Crippen MR) is 86.2 cm³/mol. The second-order valence-electron chi connectivity index (χ2n) is 4.84. The highest BCUT2D eigenvalue weighted by Gasteiger charge is 2.17.